The third kappa shape index (κ3) is 3.93. The van der Waals surface area contributed by atoms with Gasteiger partial charge in [0.2, 0.25) is 0 Å². The molecule has 0 atom stereocenters. The Labute approximate surface area is 98.2 Å². The van der Waals surface area contributed by atoms with E-state index >= 15 is 0 Å². The van der Waals surface area contributed by atoms with Gasteiger partial charge in [-0.15, -0.1) is 10.2 Å². The van der Waals surface area contributed by atoms with Crippen LogP contribution in [0.2, 0.25) is 0 Å². The van der Waals surface area contributed by atoms with Crippen LogP contribution in [0.3, 0.4) is 0 Å². The van der Waals surface area contributed by atoms with Crippen molar-refractivity contribution in [3.05, 3.63) is 12.2 Å². The third-order valence-corrected chi connectivity index (χ3v) is 3.01. The van der Waals surface area contributed by atoms with Crippen molar-refractivity contribution in [3.63, 3.8) is 0 Å². The van der Waals surface area contributed by atoms with Crippen LogP contribution >= 0.6 is 0 Å². The molecular weight excluding hydrogens is 200 g/mol. The molecule has 0 aliphatic rings. The van der Waals surface area contributed by atoms with Crippen molar-refractivity contribution < 1.29 is 0 Å². The first-order chi connectivity index (χ1) is 7.59. The monoisotopic (exact) mass is 224 g/mol. The summed E-state index contributed by atoms with van der Waals surface area (Å²) in [6.07, 6.45) is 6.13. The van der Waals surface area contributed by atoms with Gasteiger partial charge in [-0.1, -0.05) is 20.8 Å². The summed E-state index contributed by atoms with van der Waals surface area (Å²) in [5, 5.41) is 8.16. The fourth-order valence-corrected chi connectivity index (χ4v) is 1.87. The van der Waals surface area contributed by atoms with E-state index in [2.05, 4.69) is 35.5 Å². The molecule has 2 N–H and O–H groups in total. The molecule has 0 aliphatic heterocycles. The Morgan fingerprint density at radius 1 is 1.38 bits per heavy atom. The summed E-state index contributed by atoms with van der Waals surface area (Å²) in [6, 6.07) is 0. The summed E-state index contributed by atoms with van der Waals surface area (Å²) in [6.45, 7) is 8.47. The van der Waals surface area contributed by atoms with E-state index in [-0.39, 0.29) is 0 Å². The zero-order chi connectivity index (χ0) is 12.0. The molecule has 16 heavy (non-hydrogen) atoms. The van der Waals surface area contributed by atoms with Crippen LogP contribution < -0.4 is 5.73 Å². The van der Waals surface area contributed by atoms with E-state index in [0.717, 1.165) is 44.6 Å². The van der Waals surface area contributed by atoms with E-state index in [1.54, 1.807) is 0 Å². The number of nitrogens with two attached hydrogens (primary N) is 1. The van der Waals surface area contributed by atoms with Gasteiger partial charge in [-0.25, -0.2) is 0 Å². The average molecular weight is 224 g/mol. The lowest BCUT2D eigenvalue weighted by Gasteiger charge is -2.23. The highest BCUT2D eigenvalue weighted by molar-refractivity contribution is 4.88. The molecule has 4 nitrogen and oxygen atoms in total. The predicted octanol–water partition coefficient (Wildman–Crippen LogP) is 2.00. The maximum atomic E-state index is 5.61. The summed E-state index contributed by atoms with van der Waals surface area (Å²) in [4.78, 5) is 0. The van der Waals surface area contributed by atoms with Gasteiger partial charge in [-0.3, -0.25) is 0 Å². The van der Waals surface area contributed by atoms with Crippen molar-refractivity contribution in [2.24, 2.45) is 11.1 Å². The van der Waals surface area contributed by atoms with Gasteiger partial charge in [0.25, 0.3) is 0 Å². The van der Waals surface area contributed by atoms with Gasteiger partial charge in [0.15, 0.2) is 0 Å². The Morgan fingerprint density at radius 3 is 2.75 bits per heavy atom. The molecule has 0 aliphatic carbocycles. The maximum Gasteiger partial charge on any atom is 0.132 e. The molecule has 0 saturated carbocycles. The van der Waals surface area contributed by atoms with E-state index in [4.69, 9.17) is 5.73 Å². The summed E-state index contributed by atoms with van der Waals surface area (Å²) < 4.78 is 2.15. The maximum absolute atomic E-state index is 5.61. The van der Waals surface area contributed by atoms with Crippen LogP contribution in [0.1, 0.15) is 45.9 Å². The normalized spacial score (nSPS) is 12.0. The molecule has 1 heterocycles. The van der Waals surface area contributed by atoms with Crippen molar-refractivity contribution >= 4 is 0 Å². The van der Waals surface area contributed by atoms with Crippen molar-refractivity contribution in [1.82, 2.24) is 14.8 Å². The van der Waals surface area contributed by atoms with E-state index in [1.165, 1.54) is 0 Å². The minimum absolute atomic E-state index is 0.303. The van der Waals surface area contributed by atoms with E-state index in [0.29, 0.717) is 5.41 Å². The second-order valence-corrected chi connectivity index (χ2v) is 5.14. The van der Waals surface area contributed by atoms with Crippen molar-refractivity contribution in [2.45, 2.75) is 53.0 Å². The zero-order valence-corrected chi connectivity index (χ0v) is 10.7. The zero-order valence-electron chi connectivity index (χ0n) is 10.7. The fraction of sp³-hybridized carbons (Fsp3) is 0.833. The highest BCUT2D eigenvalue weighted by Gasteiger charge is 2.17. The fourth-order valence-electron chi connectivity index (χ4n) is 1.87. The molecule has 0 spiro atoms. The van der Waals surface area contributed by atoms with Gasteiger partial charge in [0.1, 0.15) is 12.2 Å². The molecule has 4 heteroatoms. The number of aryl methyl sites for hydroxylation is 2. The second-order valence-electron chi connectivity index (χ2n) is 5.14. The van der Waals surface area contributed by atoms with Crippen LogP contribution in [0.15, 0.2) is 6.33 Å². The van der Waals surface area contributed by atoms with Crippen molar-refractivity contribution in [2.75, 3.05) is 6.54 Å². The van der Waals surface area contributed by atoms with Gasteiger partial charge >= 0.3 is 0 Å². The molecule has 0 amide bonds. The van der Waals surface area contributed by atoms with Gasteiger partial charge in [0, 0.05) is 13.0 Å². The quantitative estimate of drug-likeness (QED) is 0.770. The number of rotatable bonds is 7. The number of hydrogen-bond acceptors (Lipinski definition) is 3. The average Bonchev–Trinajstić information content (AvgIpc) is 2.63. The van der Waals surface area contributed by atoms with Crippen molar-refractivity contribution in [3.8, 4) is 0 Å². The molecule has 0 saturated heterocycles. The number of hydrogen-bond donors (Lipinski definition) is 1. The first-order valence-electron chi connectivity index (χ1n) is 6.16. The highest BCUT2D eigenvalue weighted by Crippen LogP contribution is 2.25. The van der Waals surface area contributed by atoms with Gasteiger partial charge in [-0.05, 0) is 31.2 Å². The molecule has 0 aromatic carbocycles. The third-order valence-electron chi connectivity index (χ3n) is 3.01. The summed E-state index contributed by atoms with van der Waals surface area (Å²) in [5.74, 6) is 1.10. The van der Waals surface area contributed by atoms with Gasteiger partial charge in [0.05, 0.1) is 0 Å². The Bertz CT molecular complexity index is 304. The van der Waals surface area contributed by atoms with Crippen molar-refractivity contribution in [1.29, 1.82) is 0 Å². The van der Waals surface area contributed by atoms with Crippen LogP contribution in [0, 0.1) is 5.41 Å². The molecule has 92 valence electrons. The van der Waals surface area contributed by atoms with Crippen LogP contribution in [0.5, 0.6) is 0 Å². The molecule has 1 aromatic heterocycles. The molecule has 0 unspecified atom stereocenters. The molecular formula is C12H24N4. The van der Waals surface area contributed by atoms with E-state index in [9.17, 15) is 0 Å². The Hall–Kier alpha value is -0.900. The van der Waals surface area contributed by atoms with Crippen LogP contribution in [0.25, 0.3) is 0 Å². The van der Waals surface area contributed by atoms with Crippen LogP contribution in [-0.4, -0.2) is 21.3 Å². The molecule has 0 bridgehead atoms. The highest BCUT2D eigenvalue weighted by atomic mass is 15.3. The Balaban J connectivity index is 2.50. The molecule has 0 radical (unpaired) electrons. The second kappa shape index (κ2) is 5.99. The summed E-state index contributed by atoms with van der Waals surface area (Å²) in [7, 11) is 0. The summed E-state index contributed by atoms with van der Waals surface area (Å²) in [5.41, 5.74) is 5.91. The Morgan fingerprint density at radius 2 is 2.12 bits per heavy atom. The molecule has 0 fully saturated rings. The van der Waals surface area contributed by atoms with Crippen LogP contribution in [-0.2, 0) is 13.0 Å². The molecule has 1 aromatic rings. The first-order valence-corrected chi connectivity index (χ1v) is 6.16. The lowest BCUT2D eigenvalue weighted by molar-refractivity contribution is 0.309. The van der Waals surface area contributed by atoms with E-state index in [1.807, 2.05) is 6.33 Å². The van der Waals surface area contributed by atoms with Gasteiger partial charge in [-0.2, -0.15) is 0 Å². The lowest BCUT2D eigenvalue weighted by Crippen LogP contribution is -2.18. The molecule has 1 rings (SSSR count). The first kappa shape index (κ1) is 13.2. The lowest BCUT2D eigenvalue weighted by atomic mass is 9.84. The predicted molar refractivity (Wildman–Crippen MR) is 66.1 cm³/mol. The van der Waals surface area contributed by atoms with E-state index < -0.39 is 0 Å². The minimum Gasteiger partial charge on any atom is -0.330 e. The number of aromatic nitrogens is 3. The standard InChI is InChI=1S/C12H24N4/c1-4-9-16-10-14-15-11(16)5-6-12(2,3)7-8-13/h10H,4-9,13H2,1-3H3. The van der Waals surface area contributed by atoms with Crippen LogP contribution in [0.4, 0.5) is 0 Å². The Kier molecular flexibility index (Phi) is 4.93. The summed E-state index contributed by atoms with van der Waals surface area (Å²) >= 11 is 0. The topological polar surface area (TPSA) is 56.7 Å². The minimum atomic E-state index is 0.303. The SMILES string of the molecule is CCCn1cnnc1CCC(C)(C)CCN. The number of nitrogens with zero attached hydrogens (tertiary/aromatic N) is 3. The largest absolute Gasteiger partial charge is 0.330 e. The smallest absolute Gasteiger partial charge is 0.132 e. The van der Waals surface area contributed by atoms with Gasteiger partial charge < -0.3 is 10.3 Å².